The lowest BCUT2D eigenvalue weighted by Crippen LogP contribution is -2.37. The molecular formula is C21H26N6O2. The van der Waals surface area contributed by atoms with Crippen LogP contribution in [-0.4, -0.2) is 50.9 Å². The molecule has 0 aliphatic heterocycles. The number of hydrogen-bond acceptors (Lipinski definition) is 5. The zero-order valence-corrected chi connectivity index (χ0v) is 16.9. The Balaban J connectivity index is 1.83. The SMILES string of the molecule is COCCN(Cc1cccnc1)C(=O)Nc1ccccc1-c1nncn1C(C)C. The average molecular weight is 394 g/mol. The Labute approximate surface area is 170 Å². The van der Waals surface area contributed by atoms with Crippen LogP contribution in [0.1, 0.15) is 25.5 Å². The van der Waals surface area contributed by atoms with Gasteiger partial charge in [-0.1, -0.05) is 18.2 Å². The fourth-order valence-corrected chi connectivity index (χ4v) is 2.96. The van der Waals surface area contributed by atoms with E-state index >= 15 is 0 Å². The summed E-state index contributed by atoms with van der Waals surface area (Å²) < 4.78 is 7.15. The van der Waals surface area contributed by atoms with E-state index in [9.17, 15) is 4.79 Å². The first-order valence-electron chi connectivity index (χ1n) is 9.52. The van der Waals surface area contributed by atoms with Crippen molar-refractivity contribution in [2.24, 2.45) is 0 Å². The third-order valence-electron chi connectivity index (χ3n) is 4.49. The highest BCUT2D eigenvalue weighted by Crippen LogP contribution is 2.28. The summed E-state index contributed by atoms with van der Waals surface area (Å²) in [5.74, 6) is 0.714. The van der Waals surface area contributed by atoms with Crippen LogP contribution < -0.4 is 5.32 Å². The van der Waals surface area contributed by atoms with Crippen molar-refractivity contribution < 1.29 is 9.53 Å². The largest absolute Gasteiger partial charge is 0.383 e. The number of nitrogens with one attached hydrogen (secondary N) is 1. The maximum absolute atomic E-state index is 13.1. The maximum atomic E-state index is 13.1. The van der Waals surface area contributed by atoms with Gasteiger partial charge in [0.05, 0.1) is 12.3 Å². The summed E-state index contributed by atoms with van der Waals surface area (Å²) in [7, 11) is 1.62. The number of urea groups is 1. The number of carbonyl (C=O) groups is 1. The summed E-state index contributed by atoms with van der Waals surface area (Å²) in [6.45, 7) is 5.47. The van der Waals surface area contributed by atoms with E-state index in [0.29, 0.717) is 31.2 Å². The summed E-state index contributed by atoms with van der Waals surface area (Å²) in [5, 5.41) is 11.3. The smallest absolute Gasteiger partial charge is 0.322 e. The second-order valence-electron chi connectivity index (χ2n) is 6.91. The maximum Gasteiger partial charge on any atom is 0.322 e. The standard InChI is InChI=1S/C21H26N6O2/c1-16(2)27-15-23-25-20(27)18-8-4-5-9-19(18)24-21(28)26(11-12-29-3)14-17-7-6-10-22-13-17/h4-10,13,15-16H,11-12,14H2,1-3H3,(H,24,28). The van der Waals surface area contributed by atoms with Crippen molar-refractivity contribution >= 4 is 11.7 Å². The van der Waals surface area contributed by atoms with E-state index in [1.807, 2.05) is 41.0 Å². The van der Waals surface area contributed by atoms with Gasteiger partial charge in [-0.2, -0.15) is 0 Å². The van der Waals surface area contributed by atoms with Gasteiger partial charge in [0, 0.05) is 44.2 Å². The Morgan fingerprint density at radius 2 is 2.07 bits per heavy atom. The van der Waals surface area contributed by atoms with Crippen molar-refractivity contribution in [3.8, 4) is 11.4 Å². The monoisotopic (exact) mass is 394 g/mol. The molecule has 3 rings (SSSR count). The van der Waals surface area contributed by atoms with Crippen LogP contribution >= 0.6 is 0 Å². The Morgan fingerprint density at radius 3 is 2.79 bits per heavy atom. The van der Waals surface area contributed by atoms with Crippen molar-refractivity contribution in [3.05, 3.63) is 60.7 Å². The molecule has 29 heavy (non-hydrogen) atoms. The topological polar surface area (TPSA) is 85.2 Å². The van der Waals surface area contributed by atoms with Gasteiger partial charge in [-0.15, -0.1) is 10.2 Å². The van der Waals surface area contributed by atoms with Crippen LogP contribution in [0, 0.1) is 0 Å². The quantitative estimate of drug-likeness (QED) is 0.631. The van der Waals surface area contributed by atoms with Crippen molar-refractivity contribution in [1.82, 2.24) is 24.6 Å². The fraction of sp³-hybridized carbons (Fsp3) is 0.333. The second kappa shape index (κ2) is 9.79. The summed E-state index contributed by atoms with van der Waals surface area (Å²) in [5.41, 5.74) is 2.45. The van der Waals surface area contributed by atoms with Gasteiger partial charge >= 0.3 is 6.03 Å². The third-order valence-corrected chi connectivity index (χ3v) is 4.49. The van der Waals surface area contributed by atoms with Gasteiger partial charge < -0.3 is 19.5 Å². The molecule has 2 amide bonds. The summed E-state index contributed by atoms with van der Waals surface area (Å²) in [6.07, 6.45) is 5.17. The molecule has 3 aromatic rings. The molecule has 0 aliphatic carbocycles. The lowest BCUT2D eigenvalue weighted by molar-refractivity contribution is 0.153. The molecule has 0 atom stereocenters. The number of benzene rings is 1. The highest BCUT2D eigenvalue weighted by atomic mass is 16.5. The molecule has 0 radical (unpaired) electrons. The molecule has 0 fully saturated rings. The Morgan fingerprint density at radius 1 is 1.24 bits per heavy atom. The predicted octanol–water partition coefficient (Wildman–Crippen LogP) is 3.60. The normalized spacial score (nSPS) is 10.9. The molecule has 2 aromatic heterocycles. The number of amides is 2. The number of pyridine rings is 1. The average Bonchev–Trinajstić information content (AvgIpc) is 3.22. The van der Waals surface area contributed by atoms with Gasteiger partial charge in [-0.3, -0.25) is 4.98 Å². The van der Waals surface area contributed by atoms with Crippen LogP contribution in [0.4, 0.5) is 10.5 Å². The zero-order valence-electron chi connectivity index (χ0n) is 16.9. The van der Waals surface area contributed by atoms with Gasteiger partial charge in [-0.05, 0) is 37.6 Å². The number of nitrogens with zero attached hydrogens (tertiary/aromatic N) is 5. The number of aromatic nitrogens is 4. The number of hydrogen-bond donors (Lipinski definition) is 1. The van der Waals surface area contributed by atoms with Gasteiger partial charge in [0.25, 0.3) is 0 Å². The highest BCUT2D eigenvalue weighted by molar-refractivity contribution is 5.93. The first-order chi connectivity index (χ1) is 14.1. The fourth-order valence-electron chi connectivity index (χ4n) is 2.96. The van der Waals surface area contributed by atoms with Crippen LogP contribution in [-0.2, 0) is 11.3 Å². The number of ether oxygens (including phenoxy) is 1. The minimum Gasteiger partial charge on any atom is -0.383 e. The van der Waals surface area contributed by atoms with Gasteiger partial charge in [0.2, 0.25) is 0 Å². The highest BCUT2D eigenvalue weighted by Gasteiger charge is 2.18. The Hall–Kier alpha value is -3.26. The van der Waals surface area contributed by atoms with E-state index in [4.69, 9.17) is 4.74 Å². The van der Waals surface area contributed by atoms with Crippen LogP contribution in [0.15, 0.2) is 55.1 Å². The molecule has 0 bridgehead atoms. The van der Waals surface area contributed by atoms with Crippen LogP contribution in [0.3, 0.4) is 0 Å². The van der Waals surface area contributed by atoms with Crippen LogP contribution in [0.2, 0.25) is 0 Å². The number of methoxy groups -OCH3 is 1. The van der Waals surface area contributed by atoms with Crippen molar-refractivity contribution in [3.63, 3.8) is 0 Å². The van der Waals surface area contributed by atoms with Crippen molar-refractivity contribution in [1.29, 1.82) is 0 Å². The molecule has 0 aliphatic rings. The minimum absolute atomic E-state index is 0.201. The molecule has 1 aromatic carbocycles. The van der Waals surface area contributed by atoms with Gasteiger partial charge in [-0.25, -0.2) is 4.79 Å². The number of rotatable bonds is 8. The van der Waals surface area contributed by atoms with Crippen LogP contribution in [0.25, 0.3) is 11.4 Å². The molecule has 1 N–H and O–H groups in total. The summed E-state index contributed by atoms with van der Waals surface area (Å²) in [6, 6.07) is 11.4. The lowest BCUT2D eigenvalue weighted by Gasteiger charge is -2.23. The van der Waals surface area contributed by atoms with Gasteiger partial charge in [0.15, 0.2) is 5.82 Å². The van der Waals surface area contributed by atoms with E-state index in [1.54, 1.807) is 30.7 Å². The second-order valence-corrected chi connectivity index (χ2v) is 6.91. The first kappa shape index (κ1) is 20.5. The van der Waals surface area contributed by atoms with E-state index < -0.39 is 0 Å². The number of carbonyl (C=O) groups excluding carboxylic acids is 1. The molecule has 0 unspecified atom stereocenters. The molecule has 0 saturated carbocycles. The first-order valence-corrected chi connectivity index (χ1v) is 9.52. The predicted molar refractivity (Wildman–Crippen MR) is 111 cm³/mol. The summed E-state index contributed by atoms with van der Waals surface area (Å²) in [4.78, 5) is 18.9. The molecular weight excluding hydrogens is 368 g/mol. The van der Waals surface area contributed by atoms with Gasteiger partial charge in [0.1, 0.15) is 6.33 Å². The molecule has 8 heteroatoms. The molecule has 0 spiro atoms. The third kappa shape index (κ3) is 5.17. The van der Waals surface area contributed by atoms with E-state index in [2.05, 4.69) is 34.3 Å². The van der Waals surface area contributed by atoms with Crippen LogP contribution in [0.5, 0.6) is 0 Å². The van der Waals surface area contributed by atoms with Crippen molar-refractivity contribution in [2.45, 2.75) is 26.4 Å². The Bertz CT molecular complexity index is 926. The zero-order chi connectivity index (χ0) is 20.6. The van der Waals surface area contributed by atoms with E-state index in [-0.39, 0.29) is 12.1 Å². The van der Waals surface area contributed by atoms with E-state index in [1.165, 1.54) is 0 Å². The number of para-hydroxylation sites is 1. The molecule has 2 heterocycles. The van der Waals surface area contributed by atoms with E-state index in [0.717, 1.165) is 11.1 Å². The number of anilines is 1. The molecule has 0 saturated heterocycles. The summed E-state index contributed by atoms with van der Waals surface area (Å²) >= 11 is 0. The molecule has 152 valence electrons. The lowest BCUT2D eigenvalue weighted by atomic mass is 10.1. The molecule has 8 nitrogen and oxygen atoms in total. The minimum atomic E-state index is -0.214. The Kier molecular flexibility index (Phi) is 6.91. The van der Waals surface area contributed by atoms with Crippen molar-refractivity contribution in [2.75, 3.05) is 25.6 Å².